The fourth-order valence-corrected chi connectivity index (χ4v) is 1.38. The van der Waals surface area contributed by atoms with Crippen LogP contribution in [0.3, 0.4) is 0 Å². The van der Waals surface area contributed by atoms with Crippen molar-refractivity contribution in [1.29, 1.82) is 0 Å². The number of imide groups is 1. The number of alkyl halides is 6. The van der Waals surface area contributed by atoms with Gasteiger partial charge in [-0.05, 0) is 18.6 Å². The monoisotopic (exact) mass is 299 g/mol. The molecule has 0 aliphatic heterocycles. The van der Waals surface area contributed by atoms with Crippen LogP contribution in [0.1, 0.15) is 5.56 Å². The summed E-state index contributed by atoms with van der Waals surface area (Å²) in [5, 5.41) is 0. The van der Waals surface area contributed by atoms with Crippen LogP contribution in [0.25, 0.3) is 0 Å². The van der Waals surface area contributed by atoms with Crippen LogP contribution >= 0.6 is 0 Å². The molecular weight excluding hydrogens is 292 g/mol. The van der Waals surface area contributed by atoms with Crippen molar-refractivity contribution in [2.24, 2.45) is 0 Å². The molecule has 0 heterocycles. The van der Waals surface area contributed by atoms with E-state index in [1.54, 1.807) is 0 Å². The number of carbonyl (C=O) groups is 2. The van der Waals surface area contributed by atoms with Crippen molar-refractivity contribution in [3.8, 4) is 0 Å². The number of hydrogen-bond acceptors (Lipinski definition) is 2. The molecule has 0 radical (unpaired) electrons. The van der Waals surface area contributed by atoms with Gasteiger partial charge in [0, 0.05) is 0 Å². The molecule has 110 valence electrons. The molecule has 3 nitrogen and oxygen atoms in total. The summed E-state index contributed by atoms with van der Waals surface area (Å²) in [6, 6.07) is 4.45. The molecule has 0 spiro atoms. The molecule has 0 bridgehead atoms. The number of rotatable bonds is 1. The number of halogens is 6. The quantitative estimate of drug-likeness (QED) is 0.748. The van der Waals surface area contributed by atoms with Crippen LogP contribution < -0.4 is 4.90 Å². The van der Waals surface area contributed by atoms with Gasteiger partial charge >= 0.3 is 24.2 Å². The second-order valence-electron chi connectivity index (χ2n) is 3.73. The molecule has 0 atom stereocenters. The number of para-hydroxylation sites is 1. The average Bonchev–Trinajstić information content (AvgIpc) is 2.29. The Labute approximate surface area is 108 Å². The van der Waals surface area contributed by atoms with E-state index in [2.05, 4.69) is 0 Å². The Morgan fingerprint density at radius 3 is 1.65 bits per heavy atom. The highest BCUT2D eigenvalue weighted by Crippen LogP contribution is 2.30. The van der Waals surface area contributed by atoms with Gasteiger partial charge < -0.3 is 0 Å². The molecule has 1 rings (SSSR count). The predicted molar refractivity (Wildman–Crippen MR) is 55.8 cm³/mol. The second kappa shape index (κ2) is 5.14. The number of carbonyl (C=O) groups excluding carboxylic acids is 2. The second-order valence-corrected chi connectivity index (χ2v) is 3.73. The molecule has 0 saturated carbocycles. The largest absolute Gasteiger partial charge is 0.472 e. The summed E-state index contributed by atoms with van der Waals surface area (Å²) < 4.78 is 74.1. The summed E-state index contributed by atoms with van der Waals surface area (Å²) in [5.74, 6) is -5.79. The minimum Gasteiger partial charge on any atom is -0.263 e. The highest BCUT2D eigenvalue weighted by Gasteiger charge is 2.52. The number of anilines is 1. The maximum atomic E-state index is 12.4. The Morgan fingerprint density at radius 1 is 0.900 bits per heavy atom. The molecule has 20 heavy (non-hydrogen) atoms. The highest BCUT2D eigenvalue weighted by atomic mass is 19.4. The van der Waals surface area contributed by atoms with E-state index in [1.807, 2.05) is 0 Å². The Bertz CT molecular complexity index is 508. The molecular formula is C11H7F6NO2. The van der Waals surface area contributed by atoms with E-state index in [0.717, 1.165) is 12.1 Å². The van der Waals surface area contributed by atoms with E-state index in [4.69, 9.17) is 0 Å². The standard InChI is InChI=1S/C11H7F6NO2/c1-6-4-2-3-5-7(6)18(8(19)10(12,13)14)9(20)11(15,16)17/h2-5H,1H3. The zero-order chi connectivity index (χ0) is 15.7. The maximum Gasteiger partial charge on any atom is 0.472 e. The Balaban J connectivity index is 3.41. The van der Waals surface area contributed by atoms with Crippen molar-refractivity contribution in [1.82, 2.24) is 0 Å². The van der Waals surface area contributed by atoms with Crippen LogP contribution in [0, 0.1) is 6.92 Å². The molecule has 0 aromatic heterocycles. The van der Waals surface area contributed by atoms with Crippen LogP contribution in [0.4, 0.5) is 32.0 Å². The Morgan fingerprint density at radius 2 is 1.30 bits per heavy atom. The summed E-state index contributed by atoms with van der Waals surface area (Å²) in [5.41, 5.74) is -0.847. The van der Waals surface area contributed by atoms with Crippen molar-refractivity contribution in [3.63, 3.8) is 0 Å². The van der Waals surface area contributed by atoms with E-state index < -0.39 is 34.8 Å². The molecule has 1 aromatic carbocycles. The van der Waals surface area contributed by atoms with Gasteiger partial charge in [-0.3, -0.25) is 9.59 Å². The lowest BCUT2D eigenvalue weighted by Gasteiger charge is -2.24. The summed E-state index contributed by atoms with van der Waals surface area (Å²) in [6.45, 7) is 1.18. The molecule has 0 unspecified atom stereocenters. The SMILES string of the molecule is Cc1ccccc1N(C(=O)C(F)(F)F)C(=O)C(F)(F)F. The molecule has 0 aliphatic carbocycles. The Kier molecular flexibility index (Phi) is 4.11. The normalized spacial score (nSPS) is 12.2. The van der Waals surface area contributed by atoms with Gasteiger partial charge in [-0.2, -0.15) is 26.3 Å². The topological polar surface area (TPSA) is 37.4 Å². The number of benzene rings is 1. The Hall–Kier alpha value is -2.06. The van der Waals surface area contributed by atoms with E-state index in [9.17, 15) is 35.9 Å². The lowest BCUT2D eigenvalue weighted by molar-refractivity contribution is -0.181. The van der Waals surface area contributed by atoms with Gasteiger partial charge in [-0.25, -0.2) is 4.90 Å². The fraction of sp³-hybridized carbons (Fsp3) is 0.273. The van der Waals surface area contributed by atoms with Crippen molar-refractivity contribution in [3.05, 3.63) is 29.8 Å². The van der Waals surface area contributed by atoms with E-state index in [0.29, 0.717) is 0 Å². The van der Waals surface area contributed by atoms with E-state index >= 15 is 0 Å². The lowest BCUT2D eigenvalue weighted by Crippen LogP contribution is -2.50. The predicted octanol–water partition coefficient (Wildman–Crippen LogP) is 2.98. The minimum absolute atomic E-state index is 0.0808. The van der Waals surface area contributed by atoms with Crippen LogP contribution in [0.2, 0.25) is 0 Å². The van der Waals surface area contributed by atoms with Crippen molar-refractivity contribution < 1.29 is 35.9 Å². The van der Waals surface area contributed by atoms with Crippen molar-refractivity contribution in [2.75, 3.05) is 4.90 Å². The fourth-order valence-electron chi connectivity index (χ4n) is 1.38. The smallest absolute Gasteiger partial charge is 0.263 e. The number of hydrogen-bond donors (Lipinski definition) is 0. The third kappa shape index (κ3) is 3.28. The lowest BCUT2D eigenvalue weighted by atomic mass is 10.1. The summed E-state index contributed by atoms with van der Waals surface area (Å²) in [7, 11) is 0. The molecule has 0 fully saturated rings. The molecule has 0 aliphatic rings. The molecule has 1 aromatic rings. The van der Waals surface area contributed by atoms with Crippen LogP contribution in [-0.2, 0) is 9.59 Å². The zero-order valence-electron chi connectivity index (χ0n) is 9.84. The maximum absolute atomic E-state index is 12.4. The number of aryl methyl sites for hydroxylation is 1. The average molecular weight is 299 g/mol. The third-order valence-electron chi connectivity index (χ3n) is 2.25. The first-order valence-corrected chi connectivity index (χ1v) is 5.04. The molecule has 2 amide bonds. The first-order chi connectivity index (χ1) is 8.96. The van der Waals surface area contributed by atoms with Gasteiger partial charge in [0.2, 0.25) is 0 Å². The van der Waals surface area contributed by atoms with Gasteiger partial charge in [-0.1, -0.05) is 18.2 Å². The minimum atomic E-state index is -5.61. The van der Waals surface area contributed by atoms with Crippen molar-refractivity contribution >= 4 is 17.5 Å². The summed E-state index contributed by atoms with van der Waals surface area (Å²) in [4.78, 5) is 21.3. The number of amides is 2. The van der Waals surface area contributed by atoms with Gasteiger partial charge in [-0.15, -0.1) is 0 Å². The third-order valence-corrected chi connectivity index (χ3v) is 2.25. The van der Waals surface area contributed by atoms with E-state index in [1.165, 1.54) is 19.1 Å². The first kappa shape index (κ1) is 16.0. The van der Waals surface area contributed by atoms with Gasteiger partial charge in [0.05, 0.1) is 5.69 Å². The van der Waals surface area contributed by atoms with Gasteiger partial charge in [0.1, 0.15) is 0 Å². The molecule has 9 heteroatoms. The van der Waals surface area contributed by atoms with Gasteiger partial charge in [0.25, 0.3) is 0 Å². The van der Waals surface area contributed by atoms with Crippen LogP contribution in [0.5, 0.6) is 0 Å². The van der Waals surface area contributed by atoms with Crippen LogP contribution in [0.15, 0.2) is 24.3 Å². The van der Waals surface area contributed by atoms with Crippen molar-refractivity contribution in [2.45, 2.75) is 19.3 Å². The highest BCUT2D eigenvalue weighted by molar-refractivity contribution is 6.18. The zero-order valence-corrected chi connectivity index (χ0v) is 9.84. The summed E-state index contributed by atoms with van der Waals surface area (Å²) >= 11 is 0. The van der Waals surface area contributed by atoms with E-state index in [-0.39, 0.29) is 5.56 Å². The van der Waals surface area contributed by atoms with Crippen LogP contribution in [-0.4, -0.2) is 24.2 Å². The molecule has 0 N–H and O–H groups in total. The van der Waals surface area contributed by atoms with Gasteiger partial charge in [0.15, 0.2) is 0 Å². The molecule has 0 saturated heterocycles. The number of nitrogens with zero attached hydrogens (tertiary/aromatic N) is 1. The first-order valence-electron chi connectivity index (χ1n) is 5.04. The summed E-state index contributed by atoms with van der Waals surface area (Å²) in [6.07, 6.45) is -11.2.